The summed E-state index contributed by atoms with van der Waals surface area (Å²) in [4.78, 5) is 9.61. The van der Waals surface area contributed by atoms with Gasteiger partial charge in [-0.05, 0) is 87.1 Å². The highest BCUT2D eigenvalue weighted by Gasteiger charge is 2.54. The molecule has 1 aliphatic carbocycles. The van der Waals surface area contributed by atoms with Crippen molar-refractivity contribution in [2.75, 3.05) is 9.80 Å². The van der Waals surface area contributed by atoms with E-state index in [1.807, 2.05) is 12.4 Å². The molecule has 5 heteroatoms. The zero-order chi connectivity index (χ0) is 36.9. The average molecular weight is 702 g/mol. The second-order valence-electron chi connectivity index (χ2n) is 17.3. The van der Waals surface area contributed by atoms with Gasteiger partial charge in [-0.2, -0.15) is 0 Å². The molecule has 264 valence electrons. The van der Waals surface area contributed by atoms with Gasteiger partial charge in [0.1, 0.15) is 5.58 Å². The van der Waals surface area contributed by atoms with E-state index in [1.54, 1.807) is 0 Å². The molecule has 0 bridgehead atoms. The zero-order valence-corrected chi connectivity index (χ0v) is 31.8. The van der Waals surface area contributed by atoms with E-state index in [-0.39, 0.29) is 29.4 Å². The maximum atomic E-state index is 7.19. The van der Waals surface area contributed by atoms with Crippen LogP contribution >= 0.6 is 0 Å². The minimum Gasteiger partial charge on any atom is -0.469 e. The van der Waals surface area contributed by atoms with E-state index >= 15 is 0 Å². The molecule has 2 aromatic heterocycles. The number of allylic oxidation sites excluding steroid dienone is 2. The number of benzene rings is 5. The first-order chi connectivity index (χ1) is 26.1. The van der Waals surface area contributed by atoms with Gasteiger partial charge in [0.25, 0.3) is 6.71 Å². The van der Waals surface area contributed by atoms with Crippen LogP contribution in [0.15, 0.2) is 156 Å². The van der Waals surface area contributed by atoms with Crippen molar-refractivity contribution < 1.29 is 4.42 Å². The third kappa shape index (κ3) is 5.01. The molecule has 4 nitrogen and oxygen atoms in total. The molecule has 0 radical (unpaired) electrons. The van der Waals surface area contributed by atoms with Crippen molar-refractivity contribution >= 4 is 62.3 Å². The summed E-state index contributed by atoms with van der Waals surface area (Å²) in [5.41, 5.74) is 14.3. The third-order valence-corrected chi connectivity index (χ3v) is 11.9. The van der Waals surface area contributed by atoms with Gasteiger partial charge in [-0.25, -0.2) is 0 Å². The summed E-state index contributed by atoms with van der Waals surface area (Å²) < 4.78 is 7.19. The smallest absolute Gasteiger partial charge is 0.272 e. The Morgan fingerprint density at radius 3 is 2.20 bits per heavy atom. The van der Waals surface area contributed by atoms with Gasteiger partial charge < -0.3 is 14.2 Å². The summed E-state index contributed by atoms with van der Waals surface area (Å²) in [6.07, 6.45) is 10.9. The maximum absolute atomic E-state index is 7.19. The lowest BCUT2D eigenvalue weighted by Crippen LogP contribution is -2.63. The Bertz CT molecular complexity index is 2660. The predicted molar refractivity (Wildman–Crippen MR) is 228 cm³/mol. The Morgan fingerprint density at radius 1 is 0.667 bits per heavy atom. The number of hydrogen-bond donors (Lipinski definition) is 0. The lowest BCUT2D eigenvalue weighted by atomic mass is 9.30. The van der Waals surface area contributed by atoms with Crippen LogP contribution in [0.5, 0.6) is 0 Å². The maximum Gasteiger partial charge on any atom is 0.272 e. The second-order valence-corrected chi connectivity index (χ2v) is 17.3. The van der Waals surface area contributed by atoms with Crippen LogP contribution < -0.4 is 20.9 Å². The molecular weight excluding hydrogens is 657 g/mol. The number of nitrogens with zero attached hydrogens (tertiary/aromatic N) is 3. The first kappa shape index (κ1) is 32.8. The van der Waals surface area contributed by atoms with Crippen LogP contribution in [0.25, 0.3) is 32.9 Å². The van der Waals surface area contributed by atoms with Crippen molar-refractivity contribution in [1.82, 2.24) is 4.98 Å². The van der Waals surface area contributed by atoms with Gasteiger partial charge in [-0.1, -0.05) is 126 Å². The fraction of sp³-hybridized carbons (Fsp3) is 0.204. The molecule has 0 fully saturated rings. The molecule has 2 unspecified atom stereocenters. The van der Waals surface area contributed by atoms with Gasteiger partial charge in [0.2, 0.25) is 0 Å². The first-order valence-corrected chi connectivity index (χ1v) is 19.2. The minimum atomic E-state index is -0.0158. The molecule has 0 amide bonds. The Balaban J connectivity index is 1.25. The summed E-state index contributed by atoms with van der Waals surface area (Å²) >= 11 is 0. The largest absolute Gasteiger partial charge is 0.469 e. The number of hydrogen-bond acceptors (Lipinski definition) is 4. The Labute approximate surface area is 318 Å². The van der Waals surface area contributed by atoms with Crippen molar-refractivity contribution in [2.24, 2.45) is 0 Å². The van der Waals surface area contributed by atoms with E-state index < -0.39 is 0 Å². The van der Waals surface area contributed by atoms with E-state index in [4.69, 9.17) is 4.42 Å². The standard InChI is InChI=1S/C49H44BN3O/c1-48(2,3)34-21-18-31(19-22-34)32-12-10-15-37(28-32)53-42-17-11-16-41-44(42)50(47-46(53)39-29-35(49(4,5)6)23-25-43(39)54-47)40-24-20-33-30-51-27-26-38(33)45(40)52(41)36-13-8-7-9-14-36/h7-30,41,44H,1-6H3. The molecule has 3 aliphatic rings. The van der Waals surface area contributed by atoms with Gasteiger partial charge in [0.05, 0.1) is 17.4 Å². The summed E-state index contributed by atoms with van der Waals surface area (Å²) in [5, 5.41) is 3.49. The van der Waals surface area contributed by atoms with Crippen molar-refractivity contribution in [1.29, 1.82) is 0 Å². The van der Waals surface area contributed by atoms with Crippen molar-refractivity contribution in [3.63, 3.8) is 0 Å². The van der Waals surface area contributed by atoms with E-state index in [1.165, 1.54) is 50.2 Å². The van der Waals surface area contributed by atoms with E-state index in [9.17, 15) is 0 Å². The third-order valence-electron chi connectivity index (χ3n) is 11.9. The number of furan rings is 1. The molecule has 2 atom stereocenters. The van der Waals surface area contributed by atoms with E-state index in [0.717, 1.165) is 33.4 Å². The molecule has 0 saturated carbocycles. The molecular formula is C49H44BN3O. The normalized spacial score (nSPS) is 17.7. The van der Waals surface area contributed by atoms with Crippen molar-refractivity contribution in [2.45, 2.75) is 64.2 Å². The van der Waals surface area contributed by atoms with Crippen LogP contribution in [0.3, 0.4) is 0 Å². The number of aromatic nitrogens is 1. The molecule has 0 spiro atoms. The fourth-order valence-corrected chi connectivity index (χ4v) is 9.14. The molecule has 4 heterocycles. The van der Waals surface area contributed by atoms with Crippen LogP contribution in [0.4, 0.5) is 22.7 Å². The topological polar surface area (TPSA) is 32.5 Å². The van der Waals surface area contributed by atoms with E-state index in [2.05, 4.69) is 190 Å². The van der Waals surface area contributed by atoms with Crippen molar-refractivity contribution in [3.05, 3.63) is 163 Å². The monoisotopic (exact) mass is 701 g/mol. The Kier molecular flexibility index (Phi) is 7.20. The highest BCUT2D eigenvalue weighted by atomic mass is 16.3. The van der Waals surface area contributed by atoms with Crippen molar-refractivity contribution in [3.8, 4) is 11.1 Å². The Hall–Kier alpha value is -5.81. The molecule has 54 heavy (non-hydrogen) atoms. The van der Waals surface area contributed by atoms with Crippen LogP contribution in [0.2, 0.25) is 5.82 Å². The number of fused-ring (bicyclic) bond motifs is 8. The average Bonchev–Trinajstić information content (AvgIpc) is 3.56. The first-order valence-electron chi connectivity index (χ1n) is 19.2. The molecule has 0 N–H and O–H groups in total. The second kappa shape index (κ2) is 11.8. The van der Waals surface area contributed by atoms with Gasteiger partial charge in [-0.3, -0.25) is 4.98 Å². The quantitative estimate of drug-likeness (QED) is 0.172. The minimum absolute atomic E-state index is 0.00332. The summed E-state index contributed by atoms with van der Waals surface area (Å²) in [7, 11) is 0. The molecule has 0 saturated heterocycles. The lowest BCUT2D eigenvalue weighted by Gasteiger charge is -2.51. The number of anilines is 4. The number of para-hydroxylation sites is 1. The summed E-state index contributed by atoms with van der Waals surface area (Å²) in [5.74, 6) is 0.0897. The SMILES string of the molecule is CC(C)(C)c1ccc(-c2cccc(N3C4=CC=CC5C4B(c4ccc6cnccc6c4N5c4ccccc4)c4oc5ccc(C(C)(C)C)cc5c43)c2)cc1. The highest BCUT2D eigenvalue weighted by molar-refractivity contribution is 6.90. The number of rotatable bonds is 3. The molecule has 2 aliphatic heterocycles. The van der Waals surface area contributed by atoms with Gasteiger partial charge >= 0.3 is 0 Å². The molecule has 10 rings (SSSR count). The summed E-state index contributed by atoms with van der Waals surface area (Å²) in [6, 6.07) is 42.7. The summed E-state index contributed by atoms with van der Waals surface area (Å²) in [6.45, 7) is 13.7. The Morgan fingerprint density at radius 2 is 1.43 bits per heavy atom. The molecule has 5 aromatic carbocycles. The van der Waals surface area contributed by atoms with Crippen LogP contribution in [-0.4, -0.2) is 17.7 Å². The van der Waals surface area contributed by atoms with Gasteiger partial charge in [0, 0.05) is 57.1 Å². The predicted octanol–water partition coefficient (Wildman–Crippen LogP) is 11.3. The molecule has 7 aromatic rings. The van der Waals surface area contributed by atoms with Crippen LogP contribution in [-0.2, 0) is 10.8 Å². The van der Waals surface area contributed by atoms with E-state index in [0.29, 0.717) is 0 Å². The lowest BCUT2D eigenvalue weighted by molar-refractivity contribution is 0.590. The van der Waals surface area contributed by atoms with Crippen LogP contribution in [0.1, 0.15) is 52.7 Å². The number of pyridine rings is 1. The van der Waals surface area contributed by atoms with Gasteiger partial charge in [-0.15, -0.1) is 0 Å². The van der Waals surface area contributed by atoms with Crippen LogP contribution in [0, 0.1) is 0 Å². The zero-order valence-electron chi connectivity index (χ0n) is 31.8. The highest BCUT2D eigenvalue weighted by Crippen LogP contribution is 2.53. The van der Waals surface area contributed by atoms with Gasteiger partial charge in [0.15, 0.2) is 0 Å². The fourth-order valence-electron chi connectivity index (χ4n) is 9.14.